The molecule has 5 nitrogen and oxygen atoms in total. The number of nitrogens with one attached hydrogen (secondary N) is 1. The van der Waals surface area contributed by atoms with Gasteiger partial charge >= 0.3 is 0 Å². The smallest absolute Gasteiger partial charge is 0.282 e. The van der Waals surface area contributed by atoms with Gasteiger partial charge in [-0.25, -0.2) is 4.68 Å². The standard InChI is InChI=1S/C10H16BrN3O2/c1-7(4-3-5-15)13-8-6-12-14(2)10(16)9(8)11/h6-7,13,15H,3-5H2,1-2H3. The van der Waals surface area contributed by atoms with E-state index in [2.05, 4.69) is 26.3 Å². The van der Waals surface area contributed by atoms with Crippen LogP contribution in [0.5, 0.6) is 0 Å². The number of hydrogen-bond acceptors (Lipinski definition) is 4. The molecule has 16 heavy (non-hydrogen) atoms. The summed E-state index contributed by atoms with van der Waals surface area (Å²) in [4.78, 5) is 11.6. The van der Waals surface area contributed by atoms with Crippen LogP contribution in [0.1, 0.15) is 19.8 Å². The quantitative estimate of drug-likeness (QED) is 0.852. The Morgan fingerprint density at radius 3 is 3.00 bits per heavy atom. The molecule has 2 N–H and O–H groups in total. The molecule has 0 radical (unpaired) electrons. The normalized spacial score (nSPS) is 12.5. The molecule has 0 bridgehead atoms. The lowest BCUT2D eigenvalue weighted by Crippen LogP contribution is -2.24. The van der Waals surface area contributed by atoms with E-state index in [0.29, 0.717) is 10.2 Å². The minimum atomic E-state index is -0.167. The predicted molar refractivity (Wildman–Crippen MR) is 66.6 cm³/mol. The Bertz CT molecular complexity index is 406. The molecular weight excluding hydrogens is 274 g/mol. The number of rotatable bonds is 5. The van der Waals surface area contributed by atoms with Gasteiger partial charge in [-0.15, -0.1) is 0 Å². The van der Waals surface area contributed by atoms with Crippen LogP contribution in [0.2, 0.25) is 0 Å². The van der Waals surface area contributed by atoms with Crippen molar-refractivity contribution in [2.75, 3.05) is 11.9 Å². The second kappa shape index (κ2) is 6.00. The second-order valence-electron chi connectivity index (χ2n) is 3.71. The topological polar surface area (TPSA) is 67.2 Å². The van der Waals surface area contributed by atoms with E-state index < -0.39 is 0 Å². The summed E-state index contributed by atoms with van der Waals surface area (Å²) in [5.74, 6) is 0. The van der Waals surface area contributed by atoms with E-state index in [1.165, 1.54) is 4.68 Å². The van der Waals surface area contributed by atoms with Gasteiger partial charge in [-0.2, -0.15) is 5.10 Å². The number of nitrogens with zero attached hydrogens (tertiary/aromatic N) is 2. The molecule has 0 aliphatic carbocycles. The summed E-state index contributed by atoms with van der Waals surface area (Å²) >= 11 is 3.24. The van der Waals surface area contributed by atoms with E-state index in [1.807, 2.05) is 6.92 Å². The van der Waals surface area contributed by atoms with Crippen LogP contribution < -0.4 is 10.9 Å². The number of aryl methyl sites for hydroxylation is 1. The van der Waals surface area contributed by atoms with Crippen molar-refractivity contribution in [2.45, 2.75) is 25.8 Å². The molecule has 0 amide bonds. The Hall–Kier alpha value is -0.880. The van der Waals surface area contributed by atoms with Crippen molar-refractivity contribution in [3.63, 3.8) is 0 Å². The highest BCUT2D eigenvalue weighted by atomic mass is 79.9. The van der Waals surface area contributed by atoms with Crippen molar-refractivity contribution < 1.29 is 5.11 Å². The SMILES string of the molecule is CC(CCCO)Nc1cnn(C)c(=O)c1Br. The minimum Gasteiger partial charge on any atom is -0.396 e. The van der Waals surface area contributed by atoms with Crippen LogP contribution in [0.3, 0.4) is 0 Å². The van der Waals surface area contributed by atoms with E-state index in [-0.39, 0.29) is 18.2 Å². The third kappa shape index (κ3) is 3.31. The lowest BCUT2D eigenvalue weighted by atomic mass is 10.2. The summed E-state index contributed by atoms with van der Waals surface area (Å²) in [6, 6.07) is 0.192. The molecular formula is C10H16BrN3O2. The first kappa shape index (κ1) is 13.2. The Labute approximate surface area is 103 Å². The largest absolute Gasteiger partial charge is 0.396 e. The summed E-state index contributed by atoms with van der Waals surface area (Å²) in [5, 5.41) is 15.8. The first-order valence-corrected chi connectivity index (χ1v) is 5.94. The first-order valence-electron chi connectivity index (χ1n) is 5.15. The molecule has 0 aromatic carbocycles. The van der Waals surface area contributed by atoms with E-state index in [9.17, 15) is 4.79 Å². The molecule has 1 aromatic heterocycles. The predicted octanol–water partition coefficient (Wildman–Crippen LogP) is 1.12. The third-order valence-corrected chi connectivity index (χ3v) is 3.04. The van der Waals surface area contributed by atoms with Crippen LogP contribution in [0.4, 0.5) is 5.69 Å². The molecule has 0 saturated carbocycles. The maximum atomic E-state index is 11.6. The Morgan fingerprint density at radius 1 is 1.69 bits per heavy atom. The molecule has 0 saturated heterocycles. The van der Waals surface area contributed by atoms with Crippen LogP contribution >= 0.6 is 15.9 Å². The Morgan fingerprint density at radius 2 is 2.38 bits per heavy atom. The number of hydrogen-bond donors (Lipinski definition) is 2. The van der Waals surface area contributed by atoms with Gasteiger partial charge in [-0.1, -0.05) is 0 Å². The number of halogens is 1. The molecule has 1 aromatic rings. The summed E-state index contributed by atoms with van der Waals surface area (Å²) in [6.07, 6.45) is 3.20. The molecule has 1 heterocycles. The van der Waals surface area contributed by atoms with Crippen molar-refractivity contribution in [3.8, 4) is 0 Å². The van der Waals surface area contributed by atoms with Crippen LogP contribution in [0, 0.1) is 0 Å². The Kier molecular flexibility index (Phi) is 4.95. The fourth-order valence-electron chi connectivity index (χ4n) is 1.35. The lowest BCUT2D eigenvalue weighted by Gasteiger charge is -2.15. The van der Waals surface area contributed by atoms with Gasteiger partial charge in [-0.3, -0.25) is 4.79 Å². The van der Waals surface area contributed by atoms with E-state index in [1.54, 1.807) is 13.2 Å². The van der Waals surface area contributed by atoms with E-state index in [4.69, 9.17) is 5.11 Å². The zero-order valence-electron chi connectivity index (χ0n) is 9.40. The summed E-state index contributed by atoms with van der Waals surface area (Å²) in [6.45, 7) is 2.18. The van der Waals surface area contributed by atoms with Gasteiger partial charge in [0.05, 0.1) is 11.9 Å². The highest BCUT2D eigenvalue weighted by molar-refractivity contribution is 9.10. The third-order valence-electron chi connectivity index (χ3n) is 2.28. The molecule has 0 spiro atoms. The lowest BCUT2D eigenvalue weighted by molar-refractivity contribution is 0.282. The summed E-state index contributed by atoms with van der Waals surface area (Å²) in [7, 11) is 1.60. The molecule has 0 aliphatic rings. The molecule has 1 rings (SSSR count). The minimum absolute atomic E-state index is 0.167. The average molecular weight is 290 g/mol. The van der Waals surface area contributed by atoms with Crippen molar-refractivity contribution in [2.24, 2.45) is 7.05 Å². The fraction of sp³-hybridized carbons (Fsp3) is 0.600. The van der Waals surface area contributed by atoms with Crippen molar-refractivity contribution in [1.82, 2.24) is 9.78 Å². The monoisotopic (exact) mass is 289 g/mol. The highest BCUT2D eigenvalue weighted by Gasteiger charge is 2.09. The molecule has 6 heteroatoms. The van der Waals surface area contributed by atoms with Gasteiger partial charge in [0.2, 0.25) is 0 Å². The summed E-state index contributed by atoms with van der Waals surface area (Å²) < 4.78 is 1.76. The molecule has 1 atom stereocenters. The summed E-state index contributed by atoms with van der Waals surface area (Å²) in [5.41, 5.74) is 0.521. The maximum Gasteiger partial charge on any atom is 0.282 e. The number of anilines is 1. The molecule has 0 fully saturated rings. The van der Waals surface area contributed by atoms with Gasteiger partial charge in [0.15, 0.2) is 0 Å². The van der Waals surface area contributed by atoms with Crippen molar-refractivity contribution in [1.29, 1.82) is 0 Å². The van der Waals surface area contributed by atoms with Crippen LogP contribution in [0.25, 0.3) is 0 Å². The van der Waals surface area contributed by atoms with Crippen molar-refractivity contribution in [3.05, 3.63) is 21.0 Å². The zero-order chi connectivity index (χ0) is 12.1. The highest BCUT2D eigenvalue weighted by Crippen LogP contribution is 2.17. The first-order chi connectivity index (χ1) is 7.56. The maximum absolute atomic E-state index is 11.6. The van der Waals surface area contributed by atoms with Gasteiger partial charge in [0, 0.05) is 19.7 Å². The Balaban J connectivity index is 2.74. The zero-order valence-corrected chi connectivity index (χ0v) is 11.0. The van der Waals surface area contributed by atoms with E-state index in [0.717, 1.165) is 12.8 Å². The number of aliphatic hydroxyl groups is 1. The van der Waals surface area contributed by atoms with Crippen LogP contribution in [-0.2, 0) is 7.05 Å². The van der Waals surface area contributed by atoms with Gasteiger partial charge in [0.1, 0.15) is 4.47 Å². The van der Waals surface area contributed by atoms with Gasteiger partial charge in [-0.05, 0) is 35.7 Å². The second-order valence-corrected chi connectivity index (χ2v) is 4.51. The van der Waals surface area contributed by atoms with Crippen molar-refractivity contribution >= 4 is 21.6 Å². The van der Waals surface area contributed by atoms with E-state index >= 15 is 0 Å². The molecule has 0 aliphatic heterocycles. The average Bonchev–Trinajstić information content (AvgIpc) is 2.27. The van der Waals surface area contributed by atoms with Gasteiger partial charge in [0.25, 0.3) is 5.56 Å². The number of aliphatic hydroxyl groups excluding tert-OH is 1. The fourth-order valence-corrected chi connectivity index (χ4v) is 1.82. The van der Waals surface area contributed by atoms with Crippen LogP contribution in [0.15, 0.2) is 15.5 Å². The van der Waals surface area contributed by atoms with Gasteiger partial charge < -0.3 is 10.4 Å². The number of aromatic nitrogens is 2. The van der Waals surface area contributed by atoms with Crippen LogP contribution in [-0.4, -0.2) is 27.5 Å². The molecule has 90 valence electrons. The molecule has 1 unspecified atom stereocenters.